The van der Waals surface area contributed by atoms with Gasteiger partial charge in [-0.15, -0.1) is 0 Å². The summed E-state index contributed by atoms with van der Waals surface area (Å²) in [7, 11) is 0. The fourth-order valence-corrected chi connectivity index (χ4v) is 0. The van der Waals surface area contributed by atoms with Gasteiger partial charge in [0.25, 0.3) is 0 Å². The zero-order valence-corrected chi connectivity index (χ0v) is 2.58. The van der Waals surface area contributed by atoms with Gasteiger partial charge in [-0.1, -0.05) is 0 Å². The predicted molar refractivity (Wildman–Crippen MR) is 15.7 cm³/mol. The lowest BCUT2D eigenvalue weighted by molar-refractivity contribution is 0.736. The van der Waals surface area contributed by atoms with E-state index in [1.54, 1.807) is 0 Å². The minimum Gasteiger partial charge on any atom is -0.238 e. The summed E-state index contributed by atoms with van der Waals surface area (Å²) in [5, 5.41) is 0. The maximum absolute atomic E-state index is 6.25. The van der Waals surface area contributed by atoms with E-state index in [4.69, 9.17) is 11.5 Å². The van der Waals surface area contributed by atoms with E-state index in [-0.39, 0.29) is 0 Å². The van der Waals surface area contributed by atoms with Gasteiger partial charge in [-0.05, 0) is 6.92 Å². The van der Waals surface area contributed by atoms with Gasteiger partial charge >= 0.3 is 0 Å². The number of rotatable bonds is 0. The van der Waals surface area contributed by atoms with Gasteiger partial charge in [0.05, 0.1) is 6.17 Å². The van der Waals surface area contributed by atoms with Crippen LogP contribution in [0.1, 0.15) is 6.92 Å². The third-order valence-corrected chi connectivity index (χ3v) is 0. The Balaban J connectivity index is 2.32. The Morgan fingerprint density at radius 3 is 1.50 bits per heavy atom. The topological polar surface area (TPSA) is 47.6 Å². The van der Waals surface area contributed by atoms with Crippen LogP contribution in [0, 0.1) is 0 Å². The van der Waals surface area contributed by atoms with E-state index in [2.05, 4.69) is 0 Å². The lowest BCUT2D eigenvalue weighted by atomic mass is 10.7. The molecule has 0 aromatic carbocycles. The molecule has 0 fully saturated rings. The Kier molecular flexibility index (Phi) is 1.24. The molecule has 24 valence electrons. The first-order valence-electron chi connectivity index (χ1n) is 1.15. The van der Waals surface area contributed by atoms with Crippen LogP contribution in [0.3, 0.4) is 0 Å². The third kappa shape index (κ3) is 254. The molecule has 0 saturated carbocycles. The first-order valence-corrected chi connectivity index (χ1v) is 1.15. The molecule has 0 heterocycles. The van der Waals surface area contributed by atoms with Crippen LogP contribution in [-0.4, -0.2) is 6.17 Å². The van der Waals surface area contributed by atoms with E-state index in [0.717, 1.165) is 0 Å². The minimum absolute atomic E-state index is 0.667. The third-order valence-electron chi connectivity index (χ3n) is 0. The van der Waals surface area contributed by atoms with Crippen molar-refractivity contribution in [3.05, 3.63) is 0 Å². The largest absolute Gasteiger partial charge is 0.238 e. The predicted octanol–water partition coefficient (Wildman–Crippen LogP) is -0.102. The molecule has 2 radical (unpaired) electrons. The van der Waals surface area contributed by atoms with Crippen molar-refractivity contribution in [3.63, 3.8) is 0 Å². The van der Waals surface area contributed by atoms with Gasteiger partial charge in [-0.2, -0.15) is 0 Å². The Morgan fingerprint density at radius 1 is 1.50 bits per heavy atom. The zero-order chi connectivity index (χ0) is 3.58. The molecule has 0 saturated heterocycles. The summed E-state index contributed by atoms with van der Waals surface area (Å²) < 4.78 is 0. The summed E-state index contributed by atoms with van der Waals surface area (Å²) in [6.45, 7) is 1.50. The number of nitrogens with one attached hydrogen (secondary N) is 2. The second-order valence-corrected chi connectivity index (χ2v) is 0.722. The van der Waals surface area contributed by atoms with Crippen molar-refractivity contribution in [2.45, 2.75) is 13.1 Å². The van der Waals surface area contributed by atoms with Crippen LogP contribution in [-0.2, 0) is 0 Å². The van der Waals surface area contributed by atoms with E-state index in [9.17, 15) is 0 Å². The molecule has 0 rings (SSSR count). The highest BCUT2D eigenvalue weighted by Crippen LogP contribution is 1.52. The van der Waals surface area contributed by atoms with Gasteiger partial charge in [-0.3, -0.25) is 0 Å². The quantitative estimate of drug-likeness (QED) is 0.373. The summed E-state index contributed by atoms with van der Waals surface area (Å²) >= 11 is 0. The average Bonchev–Trinajstić information content (AvgIpc) is 0.811. The molecule has 0 aliphatic heterocycles. The molecule has 2 N–H and O–H groups in total. The molecule has 2 nitrogen and oxygen atoms in total. The zero-order valence-electron chi connectivity index (χ0n) is 2.58. The van der Waals surface area contributed by atoms with Crippen molar-refractivity contribution in [2.75, 3.05) is 0 Å². The molecule has 0 aliphatic rings. The van der Waals surface area contributed by atoms with Gasteiger partial charge < -0.3 is 0 Å². The SMILES string of the molecule is CC([NH])[NH]. The van der Waals surface area contributed by atoms with Crippen LogP contribution in [0.5, 0.6) is 0 Å². The summed E-state index contributed by atoms with van der Waals surface area (Å²) in [5.74, 6) is 0. The highest BCUT2D eigenvalue weighted by molar-refractivity contribution is 4.25. The van der Waals surface area contributed by atoms with Crippen LogP contribution in [0.2, 0.25) is 0 Å². The van der Waals surface area contributed by atoms with E-state index >= 15 is 0 Å². The normalized spacial score (nSPS) is 9.00. The van der Waals surface area contributed by atoms with Crippen molar-refractivity contribution >= 4 is 0 Å². The number of hydrogen-bond acceptors (Lipinski definition) is 0. The first-order chi connectivity index (χ1) is 1.73. The lowest BCUT2D eigenvalue weighted by Gasteiger charge is -1.78. The monoisotopic (exact) mass is 58.1 g/mol. The van der Waals surface area contributed by atoms with Crippen LogP contribution < -0.4 is 11.5 Å². The molecule has 4 heavy (non-hydrogen) atoms. The first kappa shape index (κ1) is 3.92. The van der Waals surface area contributed by atoms with Crippen molar-refractivity contribution < 1.29 is 0 Å². The van der Waals surface area contributed by atoms with Crippen molar-refractivity contribution in [1.82, 2.24) is 11.5 Å². The Morgan fingerprint density at radius 2 is 1.50 bits per heavy atom. The van der Waals surface area contributed by atoms with Crippen LogP contribution >= 0.6 is 0 Å². The van der Waals surface area contributed by atoms with E-state index in [1.165, 1.54) is 6.92 Å². The second-order valence-electron chi connectivity index (χ2n) is 0.722. The highest BCUT2D eigenvalue weighted by Gasteiger charge is 1.70. The summed E-state index contributed by atoms with van der Waals surface area (Å²) in [4.78, 5) is 0. The van der Waals surface area contributed by atoms with Gasteiger partial charge in [0.15, 0.2) is 0 Å². The molecule has 0 atom stereocenters. The molecule has 0 aromatic heterocycles. The van der Waals surface area contributed by atoms with Crippen molar-refractivity contribution in [3.8, 4) is 0 Å². The van der Waals surface area contributed by atoms with Crippen molar-refractivity contribution in [1.29, 1.82) is 0 Å². The molecule has 0 aliphatic carbocycles. The van der Waals surface area contributed by atoms with Gasteiger partial charge in [0, 0.05) is 0 Å². The lowest BCUT2D eigenvalue weighted by Crippen LogP contribution is -1.99. The number of hydrogen-bond donors (Lipinski definition) is 0. The minimum atomic E-state index is -0.667. The molecule has 0 aromatic rings. The van der Waals surface area contributed by atoms with E-state index in [1.807, 2.05) is 0 Å². The highest BCUT2D eigenvalue weighted by atomic mass is 14.8. The Bertz CT molecular complexity index is 8.75. The molecule has 0 bridgehead atoms. The van der Waals surface area contributed by atoms with Gasteiger partial charge in [0.1, 0.15) is 0 Å². The molecular weight excluding hydrogens is 52.0 g/mol. The summed E-state index contributed by atoms with van der Waals surface area (Å²) in [5.41, 5.74) is 12.5. The summed E-state index contributed by atoms with van der Waals surface area (Å²) in [6, 6.07) is 0. The average molecular weight is 58.1 g/mol. The Labute approximate surface area is 25.8 Å². The van der Waals surface area contributed by atoms with Gasteiger partial charge in [-0.25, -0.2) is 11.5 Å². The van der Waals surface area contributed by atoms with E-state index in [0.29, 0.717) is 0 Å². The standard InChI is InChI=1S/C2H6N2/c1-2(3)4/h2-4H,1H3. The Hall–Kier alpha value is -0.0800. The van der Waals surface area contributed by atoms with Crippen LogP contribution in [0.25, 0.3) is 0 Å². The smallest absolute Gasteiger partial charge is 0.0805 e. The van der Waals surface area contributed by atoms with Gasteiger partial charge in [0.2, 0.25) is 0 Å². The fraction of sp³-hybridized carbons (Fsp3) is 1.00. The second kappa shape index (κ2) is 1.26. The van der Waals surface area contributed by atoms with Crippen LogP contribution in [0.15, 0.2) is 0 Å². The van der Waals surface area contributed by atoms with E-state index < -0.39 is 6.17 Å². The van der Waals surface area contributed by atoms with Crippen molar-refractivity contribution in [2.24, 2.45) is 0 Å². The molecular formula is C2H6N2. The molecule has 0 amide bonds. The fourth-order valence-electron chi connectivity index (χ4n) is 0. The van der Waals surface area contributed by atoms with Crippen LogP contribution in [0.4, 0.5) is 0 Å². The molecule has 0 unspecified atom stereocenters. The maximum Gasteiger partial charge on any atom is 0.0805 e. The summed E-state index contributed by atoms with van der Waals surface area (Å²) in [6.07, 6.45) is -0.667. The maximum atomic E-state index is 6.25. The molecule has 0 spiro atoms. The molecule has 2 heteroatoms.